The quantitative estimate of drug-likeness (QED) is 0.433. The van der Waals surface area contributed by atoms with Gasteiger partial charge in [0.25, 0.3) is 0 Å². The SMILES string of the molecule is CSC(=NC12CC3CC(CC(C3)C1)C2)C(C)=C=O. The van der Waals surface area contributed by atoms with Crippen molar-refractivity contribution in [2.75, 3.05) is 6.26 Å². The Morgan fingerprint density at radius 1 is 1.17 bits per heavy atom. The van der Waals surface area contributed by atoms with Crippen LogP contribution in [0.2, 0.25) is 0 Å². The first-order valence-corrected chi connectivity index (χ1v) is 8.22. The first-order valence-electron chi connectivity index (χ1n) is 7.00. The van der Waals surface area contributed by atoms with Gasteiger partial charge >= 0.3 is 0 Å². The van der Waals surface area contributed by atoms with E-state index in [-0.39, 0.29) is 5.54 Å². The number of aliphatic imine (C=N–C) groups is 1. The van der Waals surface area contributed by atoms with E-state index in [2.05, 4.69) is 0 Å². The van der Waals surface area contributed by atoms with E-state index in [4.69, 9.17) is 4.99 Å². The van der Waals surface area contributed by atoms with Crippen molar-refractivity contribution in [1.82, 2.24) is 0 Å². The predicted molar refractivity (Wildman–Crippen MR) is 76.7 cm³/mol. The van der Waals surface area contributed by atoms with Crippen LogP contribution in [-0.2, 0) is 4.79 Å². The van der Waals surface area contributed by atoms with E-state index in [0.717, 1.165) is 22.8 Å². The van der Waals surface area contributed by atoms with Crippen LogP contribution in [0.25, 0.3) is 0 Å². The normalized spacial score (nSPS) is 41.9. The topological polar surface area (TPSA) is 29.4 Å². The highest BCUT2D eigenvalue weighted by Crippen LogP contribution is 2.57. The van der Waals surface area contributed by atoms with E-state index < -0.39 is 0 Å². The fourth-order valence-corrected chi connectivity index (χ4v) is 5.38. The second kappa shape index (κ2) is 4.54. The Kier molecular flexibility index (Phi) is 3.15. The highest BCUT2D eigenvalue weighted by Gasteiger charge is 2.51. The van der Waals surface area contributed by atoms with Gasteiger partial charge < -0.3 is 0 Å². The molecule has 0 heterocycles. The number of hydrogen-bond acceptors (Lipinski definition) is 3. The summed E-state index contributed by atoms with van der Waals surface area (Å²) >= 11 is 1.60. The third-order valence-electron chi connectivity index (χ3n) is 5.01. The van der Waals surface area contributed by atoms with Crippen molar-refractivity contribution in [3.63, 3.8) is 0 Å². The van der Waals surface area contributed by atoms with Gasteiger partial charge in [0, 0.05) is 0 Å². The molecular weight excluding hydrogens is 242 g/mol. The Balaban J connectivity index is 1.91. The summed E-state index contributed by atoms with van der Waals surface area (Å²) in [7, 11) is 0. The van der Waals surface area contributed by atoms with Crippen LogP contribution in [-0.4, -0.2) is 22.8 Å². The van der Waals surface area contributed by atoms with Gasteiger partial charge in [-0.3, -0.25) is 4.99 Å². The maximum absolute atomic E-state index is 10.8. The minimum Gasteiger partial charge on any atom is -0.271 e. The van der Waals surface area contributed by atoms with Gasteiger partial charge in [0.15, 0.2) is 0 Å². The molecule has 0 atom stereocenters. The fraction of sp³-hybridized carbons (Fsp3) is 0.800. The van der Waals surface area contributed by atoms with Crippen LogP contribution in [0.5, 0.6) is 0 Å². The molecule has 0 saturated heterocycles. The molecule has 0 N–H and O–H groups in total. The lowest BCUT2D eigenvalue weighted by molar-refractivity contribution is 0.00186. The Morgan fingerprint density at radius 3 is 2.06 bits per heavy atom. The van der Waals surface area contributed by atoms with Gasteiger partial charge in [0.2, 0.25) is 0 Å². The Bertz CT molecular complexity index is 398. The smallest absolute Gasteiger partial charge is 0.130 e. The van der Waals surface area contributed by atoms with Gasteiger partial charge in [-0.1, -0.05) is 0 Å². The van der Waals surface area contributed by atoms with Crippen molar-refractivity contribution in [2.45, 2.75) is 51.0 Å². The van der Waals surface area contributed by atoms with Gasteiger partial charge in [-0.05, 0) is 69.5 Å². The zero-order valence-corrected chi connectivity index (χ0v) is 12.1. The highest BCUT2D eigenvalue weighted by atomic mass is 32.2. The first kappa shape index (κ1) is 12.5. The summed E-state index contributed by atoms with van der Waals surface area (Å²) in [4.78, 5) is 15.9. The van der Waals surface area contributed by atoms with E-state index >= 15 is 0 Å². The molecule has 3 heteroatoms. The summed E-state index contributed by atoms with van der Waals surface area (Å²) in [6.07, 6.45) is 10.1. The molecule has 2 nitrogen and oxygen atoms in total. The van der Waals surface area contributed by atoms with Crippen molar-refractivity contribution in [3.8, 4) is 0 Å². The highest BCUT2D eigenvalue weighted by molar-refractivity contribution is 8.13. The van der Waals surface area contributed by atoms with Gasteiger partial charge in [-0.2, -0.15) is 0 Å². The maximum Gasteiger partial charge on any atom is 0.130 e. The van der Waals surface area contributed by atoms with Crippen molar-refractivity contribution in [3.05, 3.63) is 5.57 Å². The lowest BCUT2D eigenvalue weighted by Gasteiger charge is -2.55. The third kappa shape index (κ3) is 2.08. The Hall–Kier alpha value is -0.530. The molecule has 0 amide bonds. The summed E-state index contributed by atoms with van der Waals surface area (Å²) < 4.78 is 0. The number of carbonyl (C=O) groups excluding carboxylic acids is 1. The molecule has 18 heavy (non-hydrogen) atoms. The van der Waals surface area contributed by atoms with Crippen LogP contribution in [0.1, 0.15) is 45.4 Å². The van der Waals surface area contributed by atoms with E-state index in [1.54, 1.807) is 11.8 Å². The summed E-state index contributed by atoms with van der Waals surface area (Å²) in [5.41, 5.74) is 0.851. The average Bonchev–Trinajstić information content (AvgIpc) is 2.33. The van der Waals surface area contributed by atoms with Gasteiger partial charge in [0.05, 0.1) is 11.1 Å². The lowest BCUT2D eigenvalue weighted by atomic mass is 9.53. The lowest BCUT2D eigenvalue weighted by Crippen LogP contribution is -2.49. The standard InChI is InChI=1S/C15H21NOS/c1-10(9-17)14(18-2)16-15-6-11-3-12(7-15)5-13(4-11)8-15/h11-13H,3-8H2,1-2H3. The minimum atomic E-state index is 0.172. The molecule has 4 aliphatic rings. The Labute approximate surface area is 113 Å². The molecule has 0 unspecified atom stereocenters. The molecular formula is C15H21NOS. The summed E-state index contributed by atoms with van der Waals surface area (Å²) in [6, 6.07) is 0. The molecule has 4 aliphatic carbocycles. The molecule has 0 aliphatic heterocycles. The van der Waals surface area contributed by atoms with Gasteiger partial charge in [-0.25, -0.2) is 4.79 Å². The van der Waals surface area contributed by atoms with Crippen LogP contribution < -0.4 is 0 Å². The molecule has 98 valence electrons. The number of thioether (sulfide) groups is 1. The molecule has 4 fully saturated rings. The molecule has 4 bridgehead atoms. The van der Waals surface area contributed by atoms with Gasteiger partial charge in [-0.15, -0.1) is 11.8 Å². The molecule has 0 radical (unpaired) electrons. The van der Waals surface area contributed by atoms with Crippen LogP contribution in [0.15, 0.2) is 10.6 Å². The van der Waals surface area contributed by atoms with E-state index in [0.29, 0.717) is 5.57 Å². The number of rotatable bonds is 2. The molecule has 0 aromatic rings. The number of nitrogens with zero attached hydrogens (tertiary/aromatic N) is 1. The second-order valence-corrected chi connectivity index (χ2v) is 7.28. The van der Waals surface area contributed by atoms with Crippen molar-refractivity contribution in [2.24, 2.45) is 22.7 Å². The molecule has 0 aromatic heterocycles. The van der Waals surface area contributed by atoms with Crippen molar-refractivity contribution >= 4 is 22.7 Å². The predicted octanol–water partition coefficient (Wildman–Crippen LogP) is 3.49. The second-order valence-electron chi connectivity index (χ2n) is 6.49. The molecule has 4 rings (SSSR count). The van der Waals surface area contributed by atoms with E-state index in [9.17, 15) is 4.79 Å². The molecule has 4 saturated carbocycles. The average molecular weight is 263 g/mol. The summed E-state index contributed by atoms with van der Waals surface area (Å²) in [6.45, 7) is 1.84. The molecule has 0 aromatic carbocycles. The molecule has 0 spiro atoms. The summed E-state index contributed by atoms with van der Waals surface area (Å²) in [5.74, 6) is 4.73. The Morgan fingerprint density at radius 2 is 1.67 bits per heavy atom. The largest absolute Gasteiger partial charge is 0.271 e. The van der Waals surface area contributed by atoms with Crippen molar-refractivity contribution in [1.29, 1.82) is 0 Å². The monoisotopic (exact) mass is 263 g/mol. The summed E-state index contributed by atoms with van der Waals surface area (Å²) in [5, 5.41) is 0.923. The zero-order chi connectivity index (χ0) is 12.8. The third-order valence-corrected chi connectivity index (χ3v) is 5.80. The maximum atomic E-state index is 10.8. The van der Waals surface area contributed by atoms with Crippen LogP contribution >= 0.6 is 11.8 Å². The zero-order valence-electron chi connectivity index (χ0n) is 11.2. The number of hydrogen-bond donors (Lipinski definition) is 0. The van der Waals surface area contributed by atoms with Crippen LogP contribution in [0, 0.1) is 17.8 Å². The minimum absolute atomic E-state index is 0.172. The van der Waals surface area contributed by atoms with Gasteiger partial charge in [0.1, 0.15) is 11.0 Å². The van der Waals surface area contributed by atoms with E-state index in [1.807, 2.05) is 19.1 Å². The van der Waals surface area contributed by atoms with Crippen LogP contribution in [0.3, 0.4) is 0 Å². The van der Waals surface area contributed by atoms with Crippen molar-refractivity contribution < 1.29 is 4.79 Å². The first-order chi connectivity index (χ1) is 8.64. The van der Waals surface area contributed by atoms with E-state index in [1.165, 1.54) is 38.5 Å². The fourth-order valence-electron chi connectivity index (χ4n) is 4.74. The van der Waals surface area contributed by atoms with Crippen LogP contribution in [0.4, 0.5) is 0 Å².